The molecule has 3 N–H and O–H groups in total. The third-order valence-corrected chi connectivity index (χ3v) is 5.96. The van der Waals surface area contributed by atoms with Crippen LogP contribution < -0.4 is 15.5 Å². The van der Waals surface area contributed by atoms with E-state index in [0.29, 0.717) is 17.6 Å². The van der Waals surface area contributed by atoms with Gasteiger partial charge in [0.05, 0.1) is 19.0 Å². The van der Waals surface area contributed by atoms with E-state index in [2.05, 4.69) is 61.7 Å². The fourth-order valence-electron chi connectivity index (χ4n) is 4.37. The summed E-state index contributed by atoms with van der Waals surface area (Å²) in [5.41, 5.74) is 3.70. The van der Waals surface area contributed by atoms with Gasteiger partial charge in [-0.25, -0.2) is 4.98 Å². The van der Waals surface area contributed by atoms with Gasteiger partial charge >= 0.3 is 0 Å². The first-order valence-corrected chi connectivity index (χ1v) is 11.0. The van der Waals surface area contributed by atoms with Crippen molar-refractivity contribution >= 4 is 34.3 Å². The Morgan fingerprint density at radius 3 is 2.73 bits per heavy atom. The molecule has 5 rings (SSSR count). The molecule has 2 aliphatic rings. The van der Waals surface area contributed by atoms with Gasteiger partial charge in [0.2, 0.25) is 5.95 Å². The molecule has 0 spiro atoms. The van der Waals surface area contributed by atoms with Crippen LogP contribution in [0.5, 0.6) is 0 Å². The molecule has 3 heterocycles. The molecular formula is C22H29N7O. The topological polar surface area (TPSA) is 91.0 Å². The second-order valence-electron chi connectivity index (χ2n) is 8.28. The molecule has 1 aliphatic heterocycles. The summed E-state index contributed by atoms with van der Waals surface area (Å²) >= 11 is 0. The Balaban J connectivity index is 1.33. The van der Waals surface area contributed by atoms with Gasteiger partial charge in [0.25, 0.3) is 0 Å². The van der Waals surface area contributed by atoms with E-state index in [9.17, 15) is 0 Å². The van der Waals surface area contributed by atoms with Gasteiger partial charge in [-0.05, 0) is 44.0 Å². The first-order valence-electron chi connectivity index (χ1n) is 11.0. The molecule has 1 aromatic carbocycles. The zero-order valence-corrected chi connectivity index (χ0v) is 17.4. The minimum Gasteiger partial charge on any atom is -0.375 e. The van der Waals surface area contributed by atoms with Crippen LogP contribution in [0.2, 0.25) is 0 Å². The molecule has 3 aromatic rings. The van der Waals surface area contributed by atoms with Gasteiger partial charge < -0.3 is 25.3 Å². The fourth-order valence-corrected chi connectivity index (χ4v) is 4.37. The van der Waals surface area contributed by atoms with E-state index >= 15 is 0 Å². The van der Waals surface area contributed by atoms with Gasteiger partial charge in [-0.1, -0.05) is 19.3 Å². The number of ether oxygens (including phenoxy) is 1. The van der Waals surface area contributed by atoms with Crippen LogP contribution in [-0.4, -0.2) is 51.8 Å². The number of morpholine rings is 1. The highest BCUT2D eigenvalue weighted by molar-refractivity contribution is 5.84. The lowest BCUT2D eigenvalue weighted by molar-refractivity contribution is 0.0532. The minimum absolute atomic E-state index is 0.264. The quantitative estimate of drug-likeness (QED) is 0.587. The summed E-state index contributed by atoms with van der Waals surface area (Å²) in [5, 5.41) is 6.95. The van der Waals surface area contributed by atoms with Crippen LogP contribution in [0.3, 0.4) is 0 Å². The number of aromatic amines is 1. The lowest BCUT2D eigenvalue weighted by Gasteiger charge is -2.33. The zero-order chi connectivity index (χ0) is 20.3. The van der Waals surface area contributed by atoms with Crippen molar-refractivity contribution in [1.82, 2.24) is 19.9 Å². The molecule has 0 bridgehead atoms. The van der Waals surface area contributed by atoms with E-state index in [4.69, 9.17) is 9.72 Å². The lowest BCUT2D eigenvalue weighted by Crippen LogP contribution is -2.41. The summed E-state index contributed by atoms with van der Waals surface area (Å²) in [7, 11) is 0. The second kappa shape index (κ2) is 8.47. The molecule has 1 atom stereocenters. The van der Waals surface area contributed by atoms with E-state index in [-0.39, 0.29) is 6.10 Å². The van der Waals surface area contributed by atoms with E-state index in [0.717, 1.165) is 36.7 Å². The molecule has 1 saturated heterocycles. The molecule has 8 heteroatoms. The number of H-pyrrole nitrogens is 1. The number of imidazole rings is 1. The predicted molar refractivity (Wildman–Crippen MR) is 120 cm³/mol. The summed E-state index contributed by atoms with van der Waals surface area (Å²) in [6.45, 7) is 4.73. The van der Waals surface area contributed by atoms with Crippen molar-refractivity contribution in [2.45, 2.75) is 51.2 Å². The Labute approximate surface area is 176 Å². The van der Waals surface area contributed by atoms with Gasteiger partial charge in [0.15, 0.2) is 11.5 Å². The van der Waals surface area contributed by atoms with Crippen molar-refractivity contribution < 1.29 is 4.74 Å². The lowest BCUT2D eigenvalue weighted by atomic mass is 9.95. The molecule has 2 aromatic heterocycles. The van der Waals surface area contributed by atoms with E-state index in [1.54, 1.807) is 6.33 Å². The summed E-state index contributed by atoms with van der Waals surface area (Å²) in [6, 6.07) is 8.87. The molecule has 0 radical (unpaired) electrons. The average molecular weight is 408 g/mol. The first-order chi connectivity index (χ1) is 14.7. The Kier molecular flexibility index (Phi) is 5.40. The molecule has 8 nitrogen and oxygen atoms in total. The second-order valence-corrected chi connectivity index (χ2v) is 8.28. The number of benzene rings is 1. The number of hydrogen-bond acceptors (Lipinski definition) is 7. The highest BCUT2D eigenvalue weighted by atomic mass is 16.5. The van der Waals surface area contributed by atoms with Crippen molar-refractivity contribution in [2.24, 2.45) is 0 Å². The van der Waals surface area contributed by atoms with Crippen molar-refractivity contribution in [3.63, 3.8) is 0 Å². The third-order valence-electron chi connectivity index (χ3n) is 5.96. The average Bonchev–Trinajstić information content (AvgIpc) is 3.24. The van der Waals surface area contributed by atoms with Crippen molar-refractivity contribution in [1.29, 1.82) is 0 Å². The van der Waals surface area contributed by atoms with Gasteiger partial charge in [-0.3, -0.25) is 0 Å². The van der Waals surface area contributed by atoms with Crippen LogP contribution >= 0.6 is 0 Å². The summed E-state index contributed by atoms with van der Waals surface area (Å²) in [6.07, 6.45) is 8.18. The molecular weight excluding hydrogens is 378 g/mol. The smallest absolute Gasteiger partial charge is 0.231 e. The first kappa shape index (κ1) is 19.1. The van der Waals surface area contributed by atoms with E-state index < -0.39 is 0 Å². The van der Waals surface area contributed by atoms with E-state index in [1.165, 1.54) is 37.8 Å². The Bertz CT molecular complexity index is 981. The summed E-state index contributed by atoms with van der Waals surface area (Å²) in [5.74, 6) is 1.38. The largest absolute Gasteiger partial charge is 0.375 e. The fraction of sp³-hybridized carbons (Fsp3) is 0.500. The van der Waals surface area contributed by atoms with Crippen LogP contribution in [0.25, 0.3) is 11.2 Å². The number of anilines is 4. The minimum atomic E-state index is 0.264. The van der Waals surface area contributed by atoms with Crippen molar-refractivity contribution in [3.8, 4) is 0 Å². The maximum absolute atomic E-state index is 5.64. The molecule has 1 saturated carbocycles. The number of aromatic nitrogens is 4. The van der Waals surface area contributed by atoms with Crippen LogP contribution in [0.1, 0.15) is 39.0 Å². The van der Waals surface area contributed by atoms with Gasteiger partial charge in [0.1, 0.15) is 5.52 Å². The van der Waals surface area contributed by atoms with Gasteiger partial charge in [-0.15, -0.1) is 0 Å². The van der Waals surface area contributed by atoms with E-state index in [1.807, 2.05) is 0 Å². The van der Waals surface area contributed by atoms with Crippen LogP contribution in [-0.2, 0) is 4.74 Å². The Hall–Kier alpha value is -2.87. The normalized spacial score (nSPS) is 20.4. The van der Waals surface area contributed by atoms with Gasteiger partial charge in [0, 0.05) is 30.5 Å². The Morgan fingerprint density at radius 1 is 1.10 bits per heavy atom. The number of fused-ring (bicyclic) bond motifs is 1. The number of nitrogens with zero attached hydrogens (tertiary/aromatic N) is 4. The number of rotatable bonds is 5. The summed E-state index contributed by atoms with van der Waals surface area (Å²) < 4.78 is 5.64. The molecule has 30 heavy (non-hydrogen) atoms. The van der Waals surface area contributed by atoms with Crippen molar-refractivity contribution in [3.05, 3.63) is 30.6 Å². The maximum atomic E-state index is 5.64. The number of hydrogen-bond donors (Lipinski definition) is 3. The standard InChI is InChI=1S/C22H29N7O/c1-15-13-29(11-12-30-15)18-9-7-17(8-10-18)26-22-27-20-19(23-14-24-20)21(28-22)25-16-5-3-2-4-6-16/h7-10,14-16H,2-6,11-13H2,1H3,(H3,23,24,25,26,27,28). The van der Waals surface area contributed by atoms with Crippen molar-refractivity contribution in [2.75, 3.05) is 35.2 Å². The van der Waals surface area contributed by atoms with Crippen LogP contribution in [0.4, 0.5) is 23.1 Å². The zero-order valence-electron chi connectivity index (χ0n) is 17.4. The molecule has 158 valence electrons. The molecule has 1 unspecified atom stereocenters. The predicted octanol–water partition coefficient (Wildman–Crippen LogP) is 4.07. The third kappa shape index (κ3) is 4.18. The molecule has 1 aliphatic carbocycles. The summed E-state index contributed by atoms with van der Waals surface area (Å²) in [4.78, 5) is 19.2. The van der Waals surface area contributed by atoms with Crippen LogP contribution in [0, 0.1) is 0 Å². The van der Waals surface area contributed by atoms with Crippen LogP contribution in [0.15, 0.2) is 30.6 Å². The molecule has 0 amide bonds. The molecule has 2 fully saturated rings. The highest BCUT2D eigenvalue weighted by Crippen LogP contribution is 2.27. The SMILES string of the molecule is CC1CN(c2ccc(Nc3nc(NC4CCCCC4)c4[nH]cnc4n3)cc2)CCO1. The Morgan fingerprint density at radius 2 is 1.93 bits per heavy atom. The maximum Gasteiger partial charge on any atom is 0.231 e. The highest BCUT2D eigenvalue weighted by Gasteiger charge is 2.18. The van der Waals surface area contributed by atoms with Gasteiger partial charge in [-0.2, -0.15) is 9.97 Å². The number of nitrogens with one attached hydrogen (secondary N) is 3. The monoisotopic (exact) mass is 407 g/mol.